The van der Waals surface area contributed by atoms with Crippen molar-refractivity contribution in [2.24, 2.45) is 11.5 Å². The van der Waals surface area contributed by atoms with Crippen LogP contribution in [-0.4, -0.2) is 88.1 Å². The zero-order valence-corrected chi connectivity index (χ0v) is 17.8. The summed E-state index contributed by atoms with van der Waals surface area (Å²) < 4.78 is 0. The Kier molecular flexibility index (Phi) is 14.2. The summed E-state index contributed by atoms with van der Waals surface area (Å²) in [7, 11) is 0. The van der Waals surface area contributed by atoms with Crippen molar-refractivity contribution in [2.45, 2.75) is 56.3 Å². The molecule has 0 aromatic rings. The van der Waals surface area contributed by atoms with Crippen LogP contribution in [0.3, 0.4) is 0 Å². The molecule has 0 aliphatic heterocycles. The van der Waals surface area contributed by atoms with Crippen molar-refractivity contribution in [1.29, 1.82) is 0 Å². The third kappa shape index (κ3) is 11.5. The number of carboxylic acids is 2. The molecule has 10 N–H and O–H groups in total. The highest BCUT2D eigenvalue weighted by Crippen LogP contribution is 2.03. The molecule has 178 valence electrons. The number of aliphatic hydroxyl groups excluding tert-OH is 1. The standard InChI is InChI=1S/C17H31N5O8S/c18-6-2-1-3-9(19)14(26)22-12(8-31)16(28)20-10(4-5-13(24)25)15(27)21-11(7-23)17(29)30/h9-12,23,31H,1-8,18-19H2,(H,20,28)(H,21,27)(H,22,26)(H,24,25)(H,29,30). The van der Waals surface area contributed by atoms with Gasteiger partial charge in [0.2, 0.25) is 17.7 Å². The molecule has 4 atom stereocenters. The maximum Gasteiger partial charge on any atom is 0.328 e. The molecule has 14 heteroatoms. The number of amides is 3. The van der Waals surface area contributed by atoms with E-state index < -0.39 is 66.9 Å². The summed E-state index contributed by atoms with van der Waals surface area (Å²) in [5, 5.41) is 33.5. The second-order valence-electron chi connectivity index (χ2n) is 6.71. The summed E-state index contributed by atoms with van der Waals surface area (Å²) in [4.78, 5) is 58.8. The Bertz CT molecular complexity index is 636. The molecule has 0 aromatic heterocycles. The highest BCUT2D eigenvalue weighted by molar-refractivity contribution is 7.80. The molecule has 0 fully saturated rings. The molecule has 31 heavy (non-hydrogen) atoms. The molecule has 0 heterocycles. The van der Waals surface area contributed by atoms with Crippen molar-refractivity contribution in [1.82, 2.24) is 16.0 Å². The van der Waals surface area contributed by atoms with Crippen LogP contribution in [0, 0.1) is 0 Å². The number of nitrogens with two attached hydrogens (primary N) is 2. The summed E-state index contributed by atoms with van der Waals surface area (Å²) in [6.07, 6.45) is 0.805. The monoisotopic (exact) mass is 465 g/mol. The Morgan fingerprint density at radius 1 is 0.839 bits per heavy atom. The molecule has 3 amide bonds. The third-order valence-corrected chi connectivity index (χ3v) is 4.56. The van der Waals surface area contributed by atoms with E-state index in [9.17, 15) is 24.0 Å². The number of hydrogen-bond acceptors (Lipinski definition) is 9. The summed E-state index contributed by atoms with van der Waals surface area (Å²) in [6.45, 7) is -0.452. The Hall–Kier alpha value is -2.42. The van der Waals surface area contributed by atoms with Gasteiger partial charge in [-0.2, -0.15) is 12.6 Å². The summed E-state index contributed by atoms with van der Waals surface area (Å²) in [5.41, 5.74) is 11.2. The molecule has 4 unspecified atom stereocenters. The zero-order chi connectivity index (χ0) is 24.0. The predicted octanol–water partition coefficient (Wildman–Crippen LogP) is -3.23. The van der Waals surface area contributed by atoms with E-state index in [2.05, 4.69) is 23.3 Å². The van der Waals surface area contributed by atoms with Crippen molar-refractivity contribution < 1.29 is 39.3 Å². The molecule has 13 nitrogen and oxygen atoms in total. The Morgan fingerprint density at radius 2 is 1.39 bits per heavy atom. The van der Waals surface area contributed by atoms with Crippen molar-refractivity contribution in [3.05, 3.63) is 0 Å². The summed E-state index contributed by atoms with van der Waals surface area (Å²) in [6, 6.07) is -5.11. The number of unbranched alkanes of at least 4 members (excludes halogenated alkanes) is 1. The molecule has 0 rings (SSSR count). The van der Waals surface area contributed by atoms with Crippen LogP contribution in [0.1, 0.15) is 32.1 Å². The average Bonchev–Trinajstić information content (AvgIpc) is 2.72. The van der Waals surface area contributed by atoms with Gasteiger partial charge in [0.05, 0.1) is 12.6 Å². The van der Waals surface area contributed by atoms with Gasteiger partial charge in [-0.05, 0) is 25.8 Å². The average molecular weight is 466 g/mol. The molecule has 0 saturated carbocycles. The quantitative estimate of drug-likeness (QED) is 0.0816. The van der Waals surface area contributed by atoms with Crippen LogP contribution in [0.15, 0.2) is 0 Å². The lowest BCUT2D eigenvalue weighted by molar-refractivity contribution is -0.144. The van der Waals surface area contributed by atoms with Gasteiger partial charge < -0.3 is 42.7 Å². The molecule has 0 bridgehead atoms. The number of thiol groups is 1. The van der Waals surface area contributed by atoms with E-state index in [0.29, 0.717) is 25.8 Å². The fraction of sp³-hybridized carbons (Fsp3) is 0.706. The lowest BCUT2D eigenvalue weighted by Gasteiger charge is -2.24. The summed E-state index contributed by atoms with van der Waals surface area (Å²) >= 11 is 4.00. The first kappa shape index (κ1) is 28.6. The minimum Gasteiger partial charge on any atom is -0.481 e. The smallest absolute Gasteiger partial charge is 0.328 e. The van der Waals surface area contributed by atoms with Gasteiger partial charge >= 0.3 is 11.9 Å². The topological polar surface area (TPSA) is 234 Å². The number of carbonyl (C=O) groups excluding carboxylic acids is 3. The molecular weight excluding hydrogens is 434 g/mol. The third-order valence-electron chi connectivity index (χ3n) is 4.20. The van der Waals surface area contributed by atoms with Crippen molar-refractivity contribution in [3.63, 3.8) is 0 Å². The number of carbonyl (C=O) groups is 5. The lowest BCUT2D eigenvalue weighted by atomic mass is 10.1. The van der Waals surface area contributed by atoms with Crippen LogP contribution < -0.4 is 27.4 Å². The normalized spacial score (nSPS) is 14.6. The lowest BCUT2D eigenvalue weighted by Crippen LogP contribution is -2.58. The van der Waals surface area contributed by atoms with Gasteiger partial charge in [-0.3, -0.25) is 19.2 Å². The molecule has 0 aromatic carbocycles. The SMILES string of the molecule is NCCCCC(N)C(=O)NC(CS)C(=O)NC(CCC(=O)O)C(=O)NC(CO)C(=O)O. The number of rotatable bonds is 16. The van der Waals surface area contributed by atoms with Gasteiger partial charge in [0, 0.05) is 12.2 Å². The maximum atomic E-state index is 12.5. The van der Waals surface area contributed by atoms with Gasteiger partial charge in [0.25, 0.3) is 0 Å². The number of aliphatic hydroxyl groups is 1. The van der Waals surface area contributed by atoms with Crippen LogP contribution in [0.25, 0.3) is 0 Å². The van der Waals surface area contributed by atoms with Crippen molar-refractivity contribution >= 4 is 42.3 Å². The number of aliphatic carboxylic acids is 2. The maximum absolute atomic E-state index is 12.5. The molecule has 0 radical (unpaired) electrons. The van der Waals surface area contributed by atoms with Crippen LogP contribution >= 0.6 is 12.6 Å². The van der Waals surface area contributed by atoms with Gasteiger partial charge in [-0.25, -0.2) is 4.79 Å². The Balaban J connectivity index is 5.13. The summed E-state index contributed by atoms with van der Waals surface area (Å²) in [5.74, 6) is -5.34. The predicted molar refractivity (Wildman–Crippen MR) is 112 cm³/mol. The van der Waals surface area contributed by atoms with E-state index in [1.165, 1.54) is 0 Å². The van der Waals surface area contributed by atoms with E-state index in [1.807, 2.05) is 5.32 Å². The highest BCUT2D eigenvalue weighted by atomic mass is 32.1. The molecule has 0 aliphatic rings. The number of nitrogens with one attached hydrogen (secondary N) is 3. The van der Waals surface area contributed by atoms with Gasteiger partial charge in [0.15, 0.2) is 0 Å². The molecule has 0 saturated heterocycles. The molecular formula is C17H31N5O8S. The Morgan fingerprint density at radius 3 is 1.87 bits per heavy atom. The zero-order valence-electron chi connectivity index (χ0n) is 17.0. The Labute approximate surface area is 184 Å². The highest BCUT2D eigenvalue weighted by Gasteiger charge is 2.29. The van der Waals surface area contributed by atoms with E-state index in [0.717, 1.165) is 0 Å². The van der Waals surface area contributed by atoms with Crippen LogP contribution in [0.2, 0.25) is 0 Å². The van der Waals surface area contributed by atoms with Gasteiger partial charge in [-0.15, -0.1) is 0 Å². The van der Waals surface area contributed by atoms with Crippen LogP contribution in [0.5, 0.6) is 0 Å². The first-order valence-corrected chi connectivity index (χ1v) is 10.2. The minimum absolute atomic E-state index is 0.144. The van der Waals surface area contributed by atoms with Gasteiger partial charge in [-0.1, -0.05) is 6.42 Å². The molecule has 0 aliphatic carbocycles. The fourth-order valence-corrected chi connectivity index (χ4v) is 2.64. The molecule has 0 spiro atoms. The van der Waals surface area contributed by atoms with Crippen LogP contribution in [-0.2, 0) is 24.0 Å². The van der Waals surface area contributed by atoms with E-state index in [1.54, 1.807) is 0 Å². The first-order chi connectivity index (χ1) is 14.6. The largest absolute Gasteiger partial charge is 0.481 e. The first-order valence-electron chi connectivity index (χ1n) is 9.60. The minimum atomic E-state index is -1.64. The van der Waals surface area contributed by atoms with E-state index in [-0.39, 0.29) is 12.2 Å². The second-order valence-corrected chi connectivity index (χ2v) is 7.08. The van der Waals surface area contributed by atoms with E-state index >= 15 is 0 Å². The van der Waals surface area contributed by atoms with Crippen molar-refractivity contribution in [2.75, 3.05) is 18.9 Å². The second kappa shape index (κ2) is 15.4. The number of hydrogen-bond donors (Lipinski definition) is 9. The van der Waals surface area contributed by atoms with Crippen LogP contribution in [0.4, 0.5) is 0 Å². The number of carboxylic acid groups (broad SMARTS) is 2. The van der Waals surface area contributed by atoms with Crippen molar-refractivity contribution in [3.8, 4) is 0 Å². The van der Waals surface area contributed by atoms with E-state index in [4.69, 9.17) is 26.8 Å². The fourth-order valence-electron chi connectivity index (χ4n) is 2.38. The van der Waals surface area contributed by atoms with Gasteiger partial charge in [0.1, 0.15) is 18.1 Å².